The van der Waals surface area contributed by atoms with Crippen LogP contribution in [0.1, 0.15) is 32.6 Å². The molecule has 2 amide bonds. The summed E-state index contributed by atoms with van der Waals surface area (Å²) in [5, 5.41) is 6.17. The standard InChI is InChI=1S/C16H21N3O2/c1-11(20)17-12-6-8-14(9-7-12)19-10-2-3-15(16(19)21)18-13-4-5-13/h6-9,13,15,18H,2-5,10H2,1H3,(H,17,20). The van der Waals surface area contributed by atoms with Crippen LogP contribution in [0.2, 0.25) is 0 Å². The second kappa shape index (κ2) is 5.85. The molecule has 112 valence electrons. The Balaban J connectivity index is 1.69. The molecule has 0 aromatic heterocycles. The normalized spacial score (nSPS) is 22.2. The summed E-state index contributed by atoms with van der Waals surface area (Å²) in [7, 11) is 0. The van der Waals surface area contributed by atoms with Gasteiger partial charge in [0.15, 0.2) is 0 Å². The first kappa shape index (κ1) is 14.1. The van der Waals surface area contributed by atoms with Crippen molar-refractivity contribution in [2.75, 3.05) is 16.8 Å². The number of hydrogen-bond acceptors (Lipinski definition) is 3. The molecule has 21 heavy (non-hydrogen) atoms. The van der Waals surface area contributed by atoms with E-state index in [9.17, 15) is 9.59 Å². The molecule has 1 aromatic rings. The number of nitrogens with zero attached hydrogens (tertiary/aromatic N) is 1. The molecule has 1 aromatic carbocycles. The van der Waals surface area contributed by atoms with E-state index >= 15 is 0 Å². The second-order valence-corrected chi connectivity index (χ2v) is 5.85. The Kier molecular flexibility index (Phi) is 3.92. The Morgan fingerprint density at radius 1 is 1.19 bits per heavy atom. The molecule has 1 saturated carbocycles. The summed E-state index contributed by atoms with van der Waals surface area (Å²) >= 11 is 0. The number of rotatable bonds is 4. The lowest BCUT2D eigenvalue weighted by Crippen LogP contribution is -2.51. The van der Waals surface area contributed by atoms with Gasteiger partial charge >= 0.3 is 0 Å². The highest BCUT2D eigenvalue weighted by Crippen LogP contribution is 2.26. The lowest BCUT2D eigenvalue weighted by atomic mass is 10.0. The molecule has 5 heteroatoms. The molecule has 1 heterocycles. The van der Waals surface area contributed by atoms with Crippen molar-refractivity contribution in [3.05, 3.63) is 24.3 Å². The van der Waals surface area contributed by atoms with Crippen LogP contribution in [0.15, 0.2) is 24.3 Å². The summed E-state index contributed by atoms with van der Waals surface area (Å²) in [6.45, 7) is 2.25. The van der Waals surface area contributed by atoms with E-state index < -0.39 is 0 Å². The fourth-order valence-corrected chi connectivity index (χ4v) is 2.75. The van der Waals surface area contributed by atoms with Gasteiger partial charge in [-0.25, -0.2) is 0 Å². The van der Waals surface area contributed by atoms with E-state index in [4.69, 9.17) is 0 Å². The maximum Gasteiger partial charge on any atom is 0.244 e. The summed E-state index contributed by atoms with van der Waals surface area (Å²) < 4.78 is 0. The first-order chi connectivity index (χ1) is 10.1. The van der Waals surface area contributed by atoms with Crippen LogP contribution in [-0.2, 0) is 9.59 Å². The van der Waals surface area contributed by atoms with Crippen molar-refractivity contribution in [2.45, 2.75) is 44.7 Å². The van der Waals surface area contributed by atoms with E-state index in [0.29, 0.717) is 6.04 Å². The Morgan fingerprint density at radius 2 is 1.90 bits per heavy atom. The number of carbonyl (C=O) groups excluding carboxylic acids is 2. The second-order valence-electron chi connectivity index (χ2n) is 5.85. The number of piperidine rings is 1. The monoisotopic (exact) mass is 287 g/mol. The first-order valence-electron chi connectivity index (χ1n) is 7.58. The van der Waals surface area contributed by atoms with Crippen molar-refractivity contribution in [1.29, 1.82) is 0 Å². The molecular weight excluding hydrogens is 266 g/mol. The van der Waals surface area contributed by atoms with Gasteiger partial charge in [-0.1, -0.05) is 0 Å². The van der Waals surface area contributed by atoms with E-state index in [-0.39, 0.29) is 17.9 Å². The number of nitrogens with one attached hydrogen (secondary N) is 2. The molecule has 1 unspecified atom stereocenters. The van der Waals surface area contributed by atoms with Gasteiger partial charge in [0.2, 0.25) is 11.8 Å². The van der Waals surface area contributed by atoms with Gasteiger partial charge in [-0.3, -0.25) is 9.59 Å². The minimum absolute atomic E-state index is 0.0405. The average Bonchev–Trinajstić information content (AvgIpc) is 3.26. The van der Waals surface area contributed by atoms with Crippen molar-refractivity contribution in [2.24, 2.45) is 0 Å². The average molecular weight is 287 g/mol. The van der Waals surface area contributed by atoms with Gasteiger partial charge < -0.3 is 15.5 Å². The van der Waals surface area contributed by atoms with Gasteiger partial charge in [0.25, 0.3) is 0 Å². The van der Waals surface area contributed by atoms with Crippen LogP contribution >= 0.6 is 0 Å². The maximum absolute atomic E-state index is 12.5. The van der Waals surface area contributed by atoms with E-state index in [0.717, 1.165) is 30.8 Å². The topological polar surface area (TPSA) is 61.4 Å². The number of anilines is 2. The molecule has 1 atom stereocenters. The Labute approximate surface area is 124 Å². The molecule has 2 fully saturated rings. The molecule has 2 aliphatic rings. The van der Waals surface area contributed by atoms with Gasteiger partial charge in [0.1, 0.15) is 0 Å². The van der Waals surface area contributed by atoms with Crippen molar-refractivity contribution in [3.63, 3.8) is 0 Å². The molecule has 0 bridgehead atoms. The number of carbonyl (C=O) groups is 2. The predicted octanol–water partition coefficient (Wildman–Crippen LogP) is 1.89. The van der Waals surface area contributed by atoms with Gasteiger partial charge in [-0.05, 0) is 49.9 Å². The zero-order valence-electron chi connectivity index (χ0n) is 12.3. The molecular formula is C16H21N3O2. The summed E-state index contributed by atoms with van der Waals surface area (Å²) in [4.78, 5) is 25.4. The number of hydrogen-bond donors (Lipinski definition) is 2. The van der Waals surface area contributed by atoms with Crippen LogP contribution in [0.4, 0.5) is 11.4 Å². The van der Waals surface area contributed by atoms with E-state index in [1.54, 1.807) is 0 Å². The molecule has 0 spiro atoms. The first-order valence-corrected chi connectivity index (χ1v) is 7.58. The third kappa shape index (κ3) is 3.42. The predicted molar refractivity (Wildman–Crippen MR) is 82.3 cm³/mol. The van der Waals surface area contributed by atoms with Gasteiger partial charge in [-0.15, -0.1) is 0 Å². The van der Waals surface area contributed by atoms with E-state index in [2.05, 4.69) is 10.6 Å². The smallest absolute Gasteiger partial charge is 0.244 e. The van der Waals surface area contributed by atoms with Gasteiger partial charge in [0.05, 0.1) is 6.04 Å². The fourth-order valence-electron chi connectivity index (χ4n) is 2.75. The maximum atomic E-state index is 12.5. The highest BCUT2D eigenvalue weighted by molar-refractivity contribution is 5.98. The number of amides is 2. The highest BCUT2D eigenvalue weighted by atomic mass is 16.2. The SMILES string of the molecule is CC(=O)Nc1ccc(N2CCCC(NC3CC3)C2=O)cc1. The minimum atomic E-state index is -0.0921. The highest BCUT2D eigenvalue weighted by Gasteiger charge is 2.33. The molecule has 1 aliphatic heterocycles. The van der Waals surface area contributed by atoms with E-state index in [1.165, 1.54) is 19.8 Å². The lowest BCUT2D eigenvalue weighted by molar-refractivity contribution is -0.121. The van der Waals surface area contributed by atoms with Crippen molar-refractivity contribution in [1.82, 2.24) is 5.32 Å². The molecule has 2 N–H and O–H groups in total. The molecule has 5 nitrogen and oxygen atoms in total. The van der Waals surface area contributed by atoms with Crippen molar-refractivity contribution < 1.29 is 9.59 Å². The Hall–Kier alpha value is -1.88. The van der Waals surface area contributed by atoms with Gasteiger partial charge in [0, 0.05) is 30.9 Å². The quantitative estimate of drug-likeness (QED) is 0.889. The zero-order valence-corrected chi connectivity index (χ0v) is 12.3. The summed E-state index contributed by atoms with van der Waals surface area (Å²) in [5.41, 5.74) is 1.65. The van der Waals surface area contributed by atoms with Crippen molar-refractivity contribution in [3.8, 4) is 0 Å². The fraction of sp³-hybridized carbons (Fsp3) is 0.500. The van der Waals surface area contributed by atoms with Crippen LogP contribution < -0.4 is 15.5 Å². The van der Waals surface area contributed by atoms with Gasteiger partial charge in [-0.2, -0.15) is 0 Å². The number of benzene rings is 1. The molecule has 1 aliphatic carbocycles. The molecule has 0 radical (unpaired) electrons. The lowest BCUT2D eigenvalue weighted by Gasteiger charge is -2.33. The summed E-state index contributed by atoms with van der Waals surface area (Å²) in [5.74, 6) is 0.0749. The third-order valence-electron chi connectivity index (χ3n) is 3.95. The van der Waals surface area contributed by atoms with Crippen LogP contribution in [0, 0.1) is 0 Å². The largest absolute Gasteiger partial charge is 0.326 e. The minimum Gasteiger partial charge on any atom is -0.326 e. The third-order valence-corrected chi connectivity index (χ3v) is 3.95. The Morgan fingerprint density at radius 3 is 2.52 bits per heavy atom. The Bertz CT molecular complexity index is 537. The van der Waals surface area contributed by atoms with Crippen LogP contribution in [0.25, 0.3) is 0 Å². The van der Waals surface area contributed by atoms with Crippen molar-refractivity contribution >= 4 is 23.2 Å². The van der Waals surface area contributed by atoms with Crippen LogP contribution in [-0.4, -0.2) is 30.4 Å². The van der Waals surface area contributed by atoms with E-state index in [1.807, 2.05) is 29.2 Å². The summed E-state index contributed by atoms with van der Waals surface area (Å²) in [6.07, 6.45) is 4.32. The zero-order chi connectivity index (χ0) is 14.8. The van der Waals surface area contributed by atoms with Crippen LogP contribution in [0.5, 0.6) is 0 Å². The molecule has 3 rings (SSSR count). The summed E-state index contributed by atoms with van der Waals surface area (Å²) in [6, 6.07) is 7.96. The molecule has 1 saturated heterocycles. The van der Waals surface area contributed by atoms with Crippen LogP contribution in [0.3, 0.4) is 0 Å².